The molecular formula is C17H16N4O4. The molecule has 0 radical (unpaired) electrons. The van der Waals surface area contributed by atoms with Gasteiger partial charge in [-0.2, -0.15) is 0 Å². The highest BCUT2D eigenvalue weighted by Gasteiger charge is 2.40. The zero-order valence-corrected chi connectivity index (χ0v) is 13.3. The lowest BCUT2D eigenvalue weighted by atomic mass is 10.1. The third-order valence-corrected chi connectivity index (χ3v) is 4.48. The van der Waals surface area contributed by atoms with Gasteiger partial charge < -0.3 is 14.7 Å². The van der Waals surface area contributed by atoms with Crippen LogP contribution in [-0.2, 0) is 4.79 Å². The molecule has 2 aromatic rings. The smallest absolute Gasteiger partial charge is 0.324 e. The Morgan fingerprint density at radius 2 is 2.04 bits per heavy atom. The van der Waals surface area contributed by atoms with Crippen LogP contribution in [0.5, 0.6) is 0 Å². The zero-order chi connectivity index (χ0) is 17.4. The van der Waals surface area contributed by atoms with E-state index in [-0.39, 0.29) is 30.1 Å². The van der Waals surface area contributed by atoms with Crippen LogP contribution in [0.1, 0.15) is 16.9 Å². The van der Waals surface area contributed by atoms with Crippen LogP contribution in [0.25, 0.3) is 11.3 Å². The highest BCUT2D eigenvalue weighted by atomic mass is 16.5. The summed E-state index contributed by atoms with van der Waals surface area (Å²) in [6, 6.07) is 10.3. The maximum absolute atomic E-state index is 12.6. The Labute approximate surface area is 143 Å². The van der Waals surface area contributed by atoms with Gasteiger partial charge in [-0.1, -0.05) is 35.5 Å². The lowest BCUT2D eigenvalue weighted by Gasteiger charge is -2.21. The average molecular weight is 340 g/mol. The minimum Gasteiger partial charge on any atom is -0.355 e. The normalized spacial score (nSPS) is 20.2. The summed E-state index contributed by atoms with van der Waals surface area (Å²) in [5, 5.41) is 6.36. The Bertz CT molecular complexity index is 816. The fourth-order valence-corrected chi connectivity index (χ4v) is 3.22. The van der Waals surface area contributed by atoms with E-state index in [4.69, 9.17) is 4.52 Å². The van der Waals surface area contributed by atoms with Gasteiger partial charge in [0.2, 0.25) is 5.91 Å². The second kappa shape index (κ2) is 6.04. The van der Waals surface area contributed by atoms with E-state index in [1.54, 1.807) is 11.0 Å². The maximum Gasteiger partial charge on any atom is 0.324 e. The van der Waals surface area contributed by atoms with Crippen LogP contribution < -0.4 is 5.32 Å². The van der Waals surface area contributed by atoms with Crippen molar-refractivity contribution < 1.29 is 18.9 Å². The van der Waals surface area contributed by atoms with E-state index in [9.17, 15) is 14.4 Å². The molecule has 8 nitrogen and oxygen atoms in total. The van der Waals surface area contributed by atoms with Crippen molar-refractivity contribution in [1.29, 1.82) is 0 Å². The standard InChI is InChI=1S/C17H16N4O4/c22-15-9-18-17(24)21(15)12-6-7-20(10-12)16(23)13-8-14(25-19-13)11-4-2-1-3-5-11/h1-5,8,12H,6-7,9-10H2,(H,18,24)/t12-/m1/s1. The average Bonchev–Trinajstić information content (AvgIpc) is 3.35. The minimum atomic E-state index is -0.392. The number of carbonyl (C=O) groups excluding carboxylic acids is 3. The molecule has 0 bridgehead atoms. The van der Waals surface area contributed by atoms with E-state index >= 15 is 0 Å². The van der Waals surface area contributed by atoms with Gasteiger partial charge in [-0.3, -0.25) is 14.5 Å². The number of amides is 4. The fourth-order valence-electron chi connectivity index (χ4n) is 3.22. The van der Waals surface area contributed by atoms with E-state index in [0.29, 0.717) is 25.3 Å². The Kier molecular flexibility index (Phi) is 3.72. The van der Waals surface area contributed by atoms with Gasteiger partial charge in [-0.25, -0.2) is 4.79 Å². The van der Waals surface area contributed by atoms with Gasteiger partial charge in [-0.05, 0) is 6.42 Å². The molecular weight excluding hydrogens is 324 g/mol. The molecule has 1 aromatic heterocycles. The van der Waals surface area contributed by atoms with Crippen molar-refractivity contribution in [2.24, 2.45) is 0 Å². The van der Waals surface area contributed by atoms with Crippen LogP contribution in [0.15, 0.2) is 40.9 Å². The Morgan fingerprint density at radius 3 is 2.76 bits per heavy atom. The zero-order valence-electron chi connectivity index (χ0n) is 13.3. The van der Waals surface area contributed by atoms with Gasteiger partial charge in [0, 0.05) is 24.7 Å². The van der Waals surface area contributed by atoms with E-state index in [1.165, 1.54) is 4.90 Å². The summed E-state index contributed by atoms with van der Waals surface area (Å²) in [7, 11) is 0. The highest BCUT2D eigenvalue weighted by Crippen LogP contribution is 2.23. The lowest BCUT2D eigenvalue weighted by molar-refractivity contribution is -0.126. The van der Waals surface area contributed by atoms with Gasteiger partial charge in [0.05, 0.1) is 12.6 Å². The second-order valence-electron chi connectivity index (χ2n) is 6.06. The molecule has 0 saturated carbocycles. The first kappa shape index (κ1) is 15.4. The first-order valence-corrected chi connectivity index (χ1v) is 8.05. The van der Waals surface area contributed by atoms with E-state index in [0.717, 1.165) is 5.56 Å². The fraction of sp³-hybridized carbons (Fsp3) is 0.294. The summed E-state index contributed by atoms with van der Waals surface area (Å²) in [4.78, 5) is 39.0. The molecule has 25 heavy (non-hydrogen) atoms. The summed E-state index contributed by atoms with van der Waals surface area (Å²) in [6.45, 7) is 0.798. The lowest BCUT2D eigenvalue weighted by Crippen LogP contribution is -2.42. The Balaban J connectivity index is 1.46. The summed E-state index contributed by atoms with van der Waals surface area (Å²) < 4.78 is 5.27. The first-order chi connectivity index (χ1) is 12.1. The van der Waals surface area contributed by atoms with Crippen molar-refractivity contribution >= 4 is 17.8 Å². The largest absolute Gasteiger partial charge is 0.355 e. The van der Waals surface area contributed by atoms with Gasteiger partial charge in [0.1, 0.15) is 0 Å². The van der Waals surface area contributed by atoms with Gasteiger partial charge >= 0.3 is 6.03 Å². The summed E-state index contributed by atoms with van der Waals surface area (Å²) in [5.41, 5.74) is 1.06. The van der Waals surface area contributed by atoms with Crippen molar-refractivity contribution in [2.45, 2.75) is 12.5 Å². The van der Waals surface area contributed by atoms with E-state index in [2.05, 4.69) is 10.5 Å². The SMILES string of the molecule is O=C(c1cc(-c2ccccc2)on1)N1CC[C@@H](N2C(=O)CNC2=O)C1. The molecule has 3 heterocycles. The molecule has 1 N–H and O–H groups in total. The minimum absolute atomic E-state index is 0.0208. The molecule has 0 aliphatic carbocycles. The predicted octanol–water partition coefficient (Wildman–Crippen LogP) is 1.11. The van der Waals surface area contributed by atoms with Crippen LogP contribution >= 0.6 is 0 Å². The summed E-state index contributed by atoms with van der Waals surface area (Å²) in [6.07, 6.45) is 0.564. The van der Waals surface area contributed by atoms with Crippen LogP contribution in [-0.4, -0.2) is 58.5 Å². The third-order valence-electron chi connectivity index (χ3n) is 4.48. The molecule has 2 aliphatic heterocycles. The number of likely N-dealkylation sites (tertiary alicyclic amines) is 1. The number of nitrogens with zero attached hydrogens (tertiary/aromatic N) is 3. The molecule has 128 valence electrons. The first-order valence-electron chi connectivity index (χ1n) is 8.05. The molecule has 4 amide bonds. The number of imide groups is 1. The van der Waals surface area contributed by atoms with Crippen molar-refractivity contribution in [3.63, 3.8) is 0 Å². The van der Waals surface area contributed by atoms with Crippen molar-refractivity contribution in [1.82, 2.24) is 20.3 Å². The molecule has 1 aromatic carbocycles. The monoisotopic (exact) mass is 340 g/mol. The number of aromatic nitrogens is 1. The van der Waals surface area contributed by atoms with E-state index < -0.39 is 6.03 Å². The molecule has 0 spiro atoms. The molecule has 2 fully saturated rings. The van der Waals surface area contributed by atoms with Gasteiger partial charge in [0.25, 0.3) is 5.91 Å². The molecule has 4 rings (SSSR count). The Hall–Kier alpha value is -3.16. The van der Waals surface area contributed by atoms with Crippen LogP contribution in [0.2, 0.25) is 0 Å². The summed E-state index contributed by atoms with van der Waals surface area (Å²) in [5.74, 6) is 0.00591. The number of urea groups is 1. The van der Waals surface area contributed by atoms with Gasteiger partial charge in [-0.15, -0.1) is 0 Å². The Morgan fingerprint density at radius 1 is 1.24 bits per heavy atom. The highest BCUT2D eigenvalue weighted by molar-refractivity contribution is 6.02. The van der Waals surface area contributed by atoms with Crippen molar-refractivity contribution in [3.8, 4) is 11.3 Å². The number of nitrogens with one attached hydrogen (secondary N) is 1. The van der Waals surface area contributed by atoms with Gasteiger partial charge in [0.15, 0.2) is 11.5 Å². The number of carbonyl (C=O) groups is 3. The quantitative estimate of drug-likeness (QED) is 0.845. The molecule has 0 unspecified atom stereocenters. The number of rotatable bonds is 3. The molecule has 2 aliphatic rings. The second-order valence-corrected chi connectivity index (χ2v) is 6.06. The van der Waals surface area contributed by atoms with Crippen LogP contribution in [0.3, 0.4) is 0 Å². The molecule has 8 heteroatoms. The number of benzene rings is 1. The predicted molar refractivity (Wildman–Crippen MR) is 86.5 cm³/mol. The molecule has 2 saturated heterocycles. The number of hydrogen-bond acceptors (Lipinski definition) is 5. The molecule has 1 atom stereocenters. The summed E-state index contributed by atoms with van der Waals surface area (Å²) >= 11 is 0. The van der Waals surface area contributed by atoms with Crippen molar-refractivity contribution in [2.75, 3.05) is 19.6 Å². The van der Waals surface area contributed by atoms with Crippen LogP contribution in [0.4, 0.5) is 4.79 Å². The third kappa shape index (κ3) is 2.75. The topological polar surface area (TPSA) is 95.8 Å². The van der Waals surface area contributed by atoms with Crippen molar-refractivity contribution in [3.05, 3.63) is 42.1 Å². The number of hydrogen-bond donors (Lipinski definition) is 1. The van der Waals surface area contributed by atoms with Crippen LogP contribution in [0, 0.1) is 0 Å². The maximum atomic E-state index is 12.6. The van der Waals surface area contributed by atoms with E-state index in [1.807, 2.05) is 30.3 Å².